The van der Waals surface area contributed by atoms with Crippen LogP contribution in [-0.2, 0) is 6.42 Å². The quantitative estimate of drug-likeness (QED) is 0.762. The normalized spacial score (nSPS) is 12.8. The third-order valence-electron chi connectivity index (χ3n) is 3.36. The molecular formula is C16H13BrFNO. The molecule has 1 unspecified atom stereocenters. The van der Waals surface area contributed by atoms with Gasteiger partial charge in [0.1, 0.15) is 11.4 Å². The first-order valence-corrected chi connectivity index (χ1v) is 7.10. The second-order valence-electron chi connectivity index (χ2n) is 4.73. The van der Waals surface area contributed by atoms with Crippen LogP contribution in [0.15, 0.2) is 57.6 Å². The number of benzene rings is 2. The molecule has 0 amide bonds. The minimum Gasteiger partial charge on any atom is -0.464 e. The predicted molar refractivity (Wildman–Crippen MR) is 80.9 cm³/mol. The predicted octanol–water partition coefficient (Wildman–Crippen LogP) is 4.58. The van der Waals surface area contributed by atoms with Crippen molar-refractivity contribution in [3.8, 4) is 0 Å². The second-order valence-corrected chi connectivity index (χ2v) is 5.65. The van der Waals surface area contributed by atoms with Gasteiger partial charge in [-0.2, -0.15) is 0 Å². The molecule has 0 bridgehead atoms. The van der Waals surface area contributed by atoms with Gasteiger partial charge in [0.05, 0.1) is 6.26 Å². The van der Waals surface area contributed by atoms with E-state index in [2.05, 4.69) is 15.9 Å². The summed E-state index contributed by atoms with van der Waals surface area (Å²) >= 11 is 3.35. The van der Waals surface area contributed by atoms with Gasteiger partial charge in [-0.15, -0.1) is 0 Å². The monoisotopic (exact) mass is 333 g/mol. The fourth-order valence-corrected chi connectivity index (χ4v) is 2.74. The third kappa shape index (κ3) is 2.49. The van der Waals surface area contributed by atoms with Crippen LogP contribution in [-0.4, -0.2) is 0 Å². The molecule has 2 nitrogen and oxygen atoms in total. The summed E-state index contributed by atoms with van der Waals surface area (Å²) in [4.78, 5) is 0. The van der Waals surface area contributed by atoms with E-state index in [1.165, 1.54) is 6.07 Å². The highest BCUT2D eigenvalue weighted by Gasteiger charge is 2.15. The van der Waals surface area contributed by atoms with E-state index >= 15 is 0 Å². The Labute approximate surface area is 124 Å². The van der Waals surface area contributed by atoms with Gasteiger partial charge in [0.25, 0.3) is 0 Å². The molecule has 0 aliphatic rings. The van der Waals surface area contributed by atoms with Gasteiger partial charge in [0.2, 0.25) is 0 Å². The lowest BCUT2D eigenvalue weighted by atomic mass is 9.99. The molecule has 1 atom stereocenters. The first kappa shape index (κ1) is 13.3. The number of furan rings is 1. The topological polar surface area (TPSA) is 39.2 Å². The minimum atomic E-state index is -0.303. The highest BCUT2D eigenvalue weighted by Crippen LogP contribution is 2.28. The van der Waals surface area contributed by atoms with Gasteiger partial charge < -0.3 is 10.2 Å². The molecule has 4 heteroatoms. The second kappa shape index (κ2) is 5.38. The first-order chi connectivity index (χ1) is 9.65. The van der Waals surface area contributed by atoms with E-state index in [0.717, 1.165) is 21.0 Å². The van der Waals surface area contributed by atoms with Crippen molar-refractivity contribution in [3.63, 3.8) is 0 Å². The summed E-state index contributed by atoms with van der Waals surface area (Å²) in [5.74, 6) is -0.239. The van der Waals surface area contributed by atoms with Crippen LogP contribution in [0.4, 0.5) is 4.39 Å². The van der Waals surface area contributed by atoms with Crippen molar-refractivity contribution in [2.45, 2.75) is 12.5 Å². The smallest absolute Gasteiger partial charge is 0.134 e. The first-order valence-electron chi connectivity index (χ1n) is 6.31. The molecule has 0 aliphatic heterocycles. The molecule has 20 heavy (non-hydrogen) atoms. The van der Waals surface area contributed by atoms with Gasteiger partial charge in [-0.05, 0) is 36.2 Å². The Morgan fingerprint density at radius 3 is 2.85 bits per heavy atom. The Kier molecular flexibility index (Phi) is 3.59. The lowest BCUT2D eigenvalue weighted by Gasteiger charge is -2.11. The Morgan fingerprint density at radius 2 is 2.00 bits per heavy atom. The van der Waals surface area contributed by atoms with E-state index < -0.39 is 0 Å². The Morgan fingerprint density at radius 1 is 1.20 bits per heavy atom. The van der Waals surface area contributed by atoms with Gasteiger partial charge in [0, 0.05) is 21.5 Å². The van der Waals surface area contributed by atoms with Crippen molar-refractivity contribution < 1.29 is 8.81 Å². The number of para-hydroxylation sites is 1. The summed E-state index contributed by atoms with van der Waals surface area (Å²) < 4.78 is 20.1. The zero-order chi connectivity index (χ0) is 14.1. The van der Waals surface area contributed by atoms with E-state index in [4.69, 9.17) is 10.2 Å². The summed E-state index contributed by atoms with van der Waals surface area (Å²) in [6, 6.07) is 12.3. The van der Waals surface area contributed by atoms with Crippen molar-refractivity contribution >= 4 is 26.9 Å². The number of hydrogen-bond acceptors (Lipinski definition) is 2. The summed E-state index contributed by atoms with van der Waals surface area (Å²) in [6.45, 7) is 0. The van der Waals surface area contributed by atoms with Crippen LogP contribution < -0.4 is 5.73 Å². The van der Waals surface area contributed by atoms with Crippen LogP contribution in [0.2, 0.25) is 0 Å². The molecule has 0 fully saturated rings. The molecule has 0 saturated heterocycles. The Balaban J connectivity index is 1.93. The molecule has 2 N–H and O–H groups in total. The minimum absolute atomic E-state index is 0.239. The van der Waals surface area contributed by atoms with Crippen LogP contribution in [0, 0.1) is 5.82 Å². The van der Waals surface area contributed by atoms with E-state index in [1.807, 2.05) is 24.3 Å². The average molecular weight is 334 g/mol. The van der Waals surface area contributed by atoms with Crippen molar-refractivity contribution in [1.29, 1.82) is 0 Å². The molecular weight excluding hydrogens is 321 g/mol. The number of nitrogens with two attached hydrogens (primary N) is 1. The lowest BCUT2D eigenvalue weighted by molar-refractivity contribution is 0.581. The summed E-state index contributed by atoms with van der Waals surface area (Å²) in [5.41, 5.74) is 8.51. The summed E-state index contributed by atoms with van der Waals surface area (Å²) in [6.07, 6.45) is 2.08. The van der Waals surface area contributed by atoms with Gasteiger partial charge in [0.15, 0.2) is 0 Å². The zero-order valence-corrected chi connectivity index (χ0v) is 12.2. The van der Waals surface area contributed by atoms with Crippen LogP contribution in [0.3, 0.4) is 0 Å². The average Bonchev–Trinajstić information content (AvgIpc) is 2.87. The summed E-state index contributed by atoms with van der Waals surface area (Å²) in [7, 11) is 0. The largest absolute Gasteiger partial charge is 0.464 e. The van der Waals surface area contributed by atoms with Crippen molar-refractivity contribution in [2.24, 2.45) is 5.73 Å². The highest BCUT2D eigenvalue weighted by molar-refractivity contribution is 9.10. The van der Waals surface area contributed by atoms with E-state index in [-0.39, 0.29) is 11.9 Å². The van der Waals surface area contributed by atoms with Gasteiger partial charge in [-0.1, -0.05) is 34.1 Å². The van der Waals surface area contributed by atoms with E-state index in [9.17, 15) is 4.39 Å². The van der Waals surface area contributed by atoms with Crippen LogP contribution >= 0.6 is 15.9 Å². The maximum absolute atomic E-state index is 13.8. The molecule has 2 aromatic carbocycles. The van der Waals surface area contributed by atoms with E-state index in [1.54, 1.807) is 18.4 Å². The fraction of sp³-hybridized carbons (Fsp3) is 0.125. The van der Waals surface area contributed by atoms with Crippen LogP contribution in [0.25, 0.3) is 11.0 Å². The van der Waals surface area contributed by atoms with Gasteiger partial charge in [-0.3, -0.25) is 0 Å². The molecule has 3 rings (SSSR count). The Hall–Kier alpha value is -1.65. The summed E-state index contributed by atoms with van der Waals surface area (Å²) in [5, 5.41) is 0.982. The van der Waals surface area contributed by atoms with Crippen LogP contribution in [0.1, 0.15) is 17.2 Å². The molecule has 1 aromatic heterocycles. The molecule has 0 aliphatic carbocycles. The van der Waals surface area contributed by atoms with Crippen molar-refractivity contribution in [2.75, 3.05) is 0 Å². The molecule has 0 spiro atoms. The van der Waals surface area contributed by atoms with Crippen molar-refractivity contribution in [3.05, 3.63) is 70.1 Å². The van der Waals surface area contributed by atoms with Gasteiger partial charge >= 0.3 is 0 Å². The van der Waals surface area contributed by atoms with Crippen LogP contribution in [0.5, 0.6) is 0 Å². The number of rotatable bonds is 3. The van der Waals surface area contributed by atoms with Crippen molar-refractivity contribution in [1.82, 2.24) is 0 Å². The number of hydrogen-bond donors (Lipinski definition) is 1. The maximum atomic E-state index is 13.8. The third-order valence-corrected chi connectivity index (χ3v) is 3.85. The highest BCUT2D eigenvalue weighted by atomic mass is 79.9. The van der Waals surface area contributed by atoms with E-state index in [0.29, 0.717) is 12.0 Å². The Bertz CT molecular complexity index is 753. The van der Waals surface area contributed by atoms with Gasteiger partial charge in [-0.25, -0.2) is 4.39 Å². The molecule has 3 aromatic rings. The zero-order valence-electron chi connectivity index (χ0n) is 10.6. The molecule has 1 heterocycles. The lowest BCUT2D eigenvalue weighted by Crippen LogP contribution is -2.13. The fourth-order valence-electron chi connectivity index (χ4n) is 2.33. The molecule has 0 saturated carbocycles. The SMILES string of the molecule is NC(Cc1cc(Br)ccc1F)c1coc2ccccc12. The number of halogens is 2. The molecule has 102 valence electrons. The standard InChI is InChI=1S/C16H13BrFNO/c17-11-5-6-14(18)10(7-11)8-15(19)13-9-20-16-4-2-1-3-12(13)16/h1-7,9,15H,8,19H2. The number of fused-ring (bicyclic) bond motifs is 1. The maximum Gasteiger partial charge on any atom is 0.134 e. The molecule has 0 radical (unpaired) electrons.